The quantitative estimate of drug-likeness (QED) is 0.300. The second kappa shape index (κ2) is 10.9. The van der Waals surface area contributed by atoms with Crippen LogP contribution in [0.25, 0.3) is 40.0 Å². The highest BCUT2D eigenvalue weighted by atomic mass is 16.5. The Hall–Kier alpha value is -4.76. The van der Waals surface area contributed by atoms with Crippen LogP contribution in [0.5, 0.6) is 0 Å². The molecule has 1 aliphatic heterocycles. The van der Waals surface area contributed by atoms with Gasteiger partial charge in [-0.3, -0.25) is 9.20 Å². The van der Waals surface area contributed by atoms with Crippen molar-refractivity contribution < 1.29 is 14.6 Å². The van der Waals surface area contributed by atoms with E-state index in [-0.39, 0.29) is 6.42 Å². The predicted molar refractivity (Wildman–Crippen MR) is 153 cm³/mol. The molecular formula is C30H28N6O3. The van der Waals surface area contributed by atoms with Crippen molar-refractivity contribution in [1.29, 1.82) is 0 Å². The Morgan fingerprint density at radius 2 is 1.77 bits per heavy atom. The lowest BCUT2D eigenvalue weighted by Gasteiger charge is -2.28. The number of ether oxygens (including phenoxy) is 1. The van der Waals surface area contributed by atoms with Gasteiger partial charge in [-0.05, 0) is 36.4 Å². The molecule has 0 atom stereocenters. The maximum Gasteiger partial charge on any atom is 0.305 e. The zero-order valence-corrected chi connectivity index (χ0v) is 21.3. The van der Waals surface area contributed by atoms with Crippen LogP contribution in [0.4, 0.5) is 11.5 Å². The molecule has 39 heavy (non-hydrogen) atoms. The molecule has 0 saturated carbocycles. The van der Waals surface area contributed by atoms with E-state index < -0.39 is 5.97 Å². The van der Waals surface area contributed by atoms with E-state index >= 15 is 0 Å². The minimum absolute atomic E-state index is 0.0648. The van der Waals surface area contributed by atoms with Crippen molar-refractivity contribution in [1.82, 2.24) is 19.4 Å². The summed E-state index contributed by atoms with van der Waals surface area (Å²) in [5, 5.41) is 13.1. The normalized spacial score (nSPS) is 13.9. The zero-order valence-electron chi connectivity index (χ0n) is 21.3. The number of aromatic nitrogens is 4. The molecule has 0 amide bonds. The Morgan fingerprint density at radius 3 is 2.59 bits per heavy atom. The molecule has 0 spiro atoms. The lowest BCUT2D eigenvalue weighted by Crippen LogP contribution is -2.37. The van der Waals surface area contributed by atoms with E-state index in [0.717, 1.165) is 63.8 Å². The molecule has 0 bridgehead atoms. The Morgan fingerprint density at radius 1 is 0.974 bits per heavy atom. The van der Waals surface area contributed by atoms with Crippen LogP contribution in [0.2, 0.25) is 0 Å². The molecule has 1 aliphatic rings. The summed E-state index contributed by atoms with van der Waals surface area (Å²) in [5.41, 5.74) is 6.17. The van der Waals surface area contributed by atoms with Crippen LogP contribution < -0.4 is 10.2 Å². The van der Waals surface area contributed by atoms with Crippen molar-refractivity contribution in [2.45, 2.75) is 6.42 Å². The number of carboxylic acids is 1. The van der Waals surface area contributed by atoms with E-state index in [4.69, 9.17) is 24.8 Å². The molecule has 2 aromatic carbocycles. The third kappa shape index (κ3) is 5.44. The average Bonchev–Trinajstić information content (AvgIpc) is 3.40. The van der Waals surface area contributed by atoms with Crippen molar-refractivity contribution in [3.05, 3.63) is 84.4 Å². The van der Waals surface area contributed by atoms with Crippen LogP contribution >= 0.6 is 0 Å². The van der Waals surface area contributed by atoms with Gasteiger partial charge in [0.15, 0.2) is 11.5 Å². The second-order valence-electron chi connectivity index (χ2n) is 9.34. The van der Waals surface area contributed by atoms with E-state index in [1.54, 1.807) is 0 Å². The first-order chi connectivity index (χ1) is 19.1. The maximum absolute atomic E-state index is 10.8. The summed E-state index contributed by atoms with van der Waals surface area (Å²) in [6.45, 7) is 3.22. The summed E-state index contributed by atoms with van der Waals surface area (Å²) in [6.07, 6.45) is 7.92. The Balaban J connectivity index is 1.34. The molecule has 3 aromatic heterocycles. The standard InChI is InChI=1S/C30H28N6O3/c37-28(38)13-14-31-23-8-6-22(7-9-23)27-19-32-29(35-15-17-39-18-16-35)30-34-25(20-36(27)30)12-11-24-10-5-21-3-1-2-4-26(21)33-24/h1-12,19-20,31H,13-18H2,(H,37,38). The number of carbonyl (C=O) groups is 1. The number of nitrogens with one attached hydrogen (secondary N) is 1. The lowest BCUT2D eigenvalue weighted by molar-refractivity contribution is -0.136. The molecule has 0 radical (unpaired) electrons. The fourth-order valence-corrected chi connectivity index (χ4v) is 4.69. The molecule has 5 aromatic rings. The minimum Gasteiger partial charge on any atom is -0.481 e. The third-order valence-corrected chi connectivity index (χ3v) is 6.70. The first kappa shape index (κ1) is 24.6. The topological polar surface area (TPSA) is 105 Å². The van der Waals surface area contributed by atoms with Gasteiger partial charge >= 0.3 is 5.97 Å². The van der Waals surface area contributed by atoms with Crippen LogP contribution in [0, 0.1) is 0 Å². The van der Waals surface area contributed by atoms with Crippen molar-refractivity contribution in [2.75, 3.05) is 43.1 Å². The summed E-state index contributed by atoms with van der Waals surface area (Å²) in [5.74, 6) is 0.00629. The number of aliphatic carboxylic acids is 1. The Kier molecular flexibility index (Phi) is 6.88. The van der Waals surface area contributed by atoms with Crippen LogP contribution in [0.15, 0.2) is 73.1 Å². The number of fused-ring (bicyclic) bond motifs is 2. The molecule has 6 rings (SSSR count). The monoisotopic (exact) mass is 520 g/mol. The first-order valence-corrected chi connectivity index (χ1v) is 12.9. The van der Waals surface area contributed by atoms with Gasteiger partial charge in [0, 0.05) is 42.5 Å². The van der Waals surface area contributed by atoms with Crippen molar-refractivity contribution in [2.24, 2.45) is 0 Å². The van der Waals surface area contributed by atoms with Crippen LogP contribution in [0.1, 0.15) is 17.8 Å². The molecular weight excluding hydrogens is 492 g/mol. The first-order valence-electron chi connectivity index (χ1n) is 12.9. The molecule has 9 nitrogen and oxygen atoms in total. The highest BCUT2D eigenvalue weighted by Gasteiger charge is 2.19. The summed E-state index contributed by atoms with van der Waals surface area (Å²) in [4.78, 5) is 27.6. The Bertz CT molecular complexity index is 1660. The largest absolute Gasteiger partial charge is 0.481 e. The SMILES string of the molecule is O=C(O)CCNc1ccc(-c2cnc(N3CCOCC3)c3nc(C=Cc4ccc5ccccc5n4)cn23)cc1. The van der Waals surface area contributed by atoms with Gasteiger partial charge in [-0.25, -0.2) is 15.0 Å². The smallest absolute Gasteiger partial charge is 0.305 e. The summed E-state index contributed by atoms with van der Waals surface area (Å²) in [6, 6.07) is 20.0. The molecule has 1 fully saturated rings. The number of rotatable bonds is 8. The molecule has 0 aliphatic carbocycles. The molecule has 0 unspecified atom stereocenters. The number of morpholine rings is 1. The maximum atomic E-state index is 10.8. The fourth-order valence-electron chi connectivity index (χ4n) is 4.69. The molecule has 9 heteroatoms. The van der Waals surface area contributed by atoms with Crippen molar-refractivity contribution >= 4 is 46.2 Å². The number of benzene rings is 2. The number of carboxylic acid groups (broad SMARTS) is 1. The average molecular weight is 521 g/mol. The van der Waals surface area contributed by atoms with E-state index in [0.29, 0.717) is 19.8 Å². The summed E-state index contributed by atoms with van der Waals surface area (Å²) < 4.78 is 7.63. The zero-order chi connectivity index (χ0) is 26.6. The lowest BCUT2D eigenvalue weighted by atomic mass is 10.1. The van der Waals surface area contributed by atoms with Crippen molar-refractivity contribution in [3.63, 3.8) is 0 Å². The highest BCUT2D eigenvalue weighted by Crippen LogP contribution is 2.28. The van der Waals surface area contributed by atoms with Gasteiger partial charge in [-0.2, -0.15) is 0 Å². The van der Waals surface area contributed by atoms with E-state index in [1.807, 2.05) is 73.1 Å². The van der Waals surface area contributed by atoms with Gasteiger partial charge in [0.1, 0.15) is 0 Å². The fraction of sp³-hybridized carbons (Fsp3) is 0.200. The molecule has 1 saturated heterocycles. The van der Waals surface area contributed by atoms with E-state index in [9.17, 15) is 4.79 Å². The predicted octanol–water partition coefficient (Wildman–Crippen LogP) is 4.84. The van der Waals surface area contributed by atoms with E-state index in [2.05, 4.69) is 26.8 Å². The second-order valence-corrected chi connectivity index (χ2v) is 9.34. The minimum atomic E-state index is -0.825. The van der Waals surface area contributed by atoms with Crippen LogP contribution in [0.3, 0.4) is 0 Å². The number of para-hydroxylation sites is 1. The van der Waals surface area contributed by atoms with Gasteiger partial charge in [-0.1, -0.05) is 36.4 Å². The van der Waals surface area contributed by atoms with E-state index in [1.165, 1.54) is 0 Å². The summed E-state index contributed by atoms with van der Waals surface area (Å²) in [7, 11) is 0. The number of nitrogens with zero attached hydrogens (tertiary/aromatic N) is 5. The number of hydrogen-bond acceptors (Lipinski definition) is 7. The number of imidazole rings is 1. The van der Waals surface area contributed by atoms with Gasteiger partial charge < -0.3 is 20.1 Å². The number of pyridine rings is 1. The van der Waals surface area contributed by atoms with Gasteiger partial charge in [0.25, 0.3) is 0 Å². The van der Waals surface area contributed by atoms with Crippen LogP contribution in [-0.2, 0) is 9.53 Å². The number of anilines is 2. The highest BCUT2D eigenvalue weighted by molar-refractivity contribution is 5.81. The molecule has 196 valence electrons. The molecule has 2 N–H and O–H groups in total. The Labute approximate surface area is 225 Å². The van der Waals surface area contributed by atoms with Crippen LogP contribution in [-0.4, -0.2) is 63.3 Å². The van der Waals surface area contributed by atoms with Crippen molar-refractivity contribution in [3.8, 4) is 11.3 Å². The number of hydrogen-bond donors (Lipinski definition) is 2. The summed E-state index contributed by atoms with van der Waals surface area (Å²) >= 11 is 0. The molecule has 4 heterocycles. The van der Waals surface area contributed by atoms with Gasteiger partial charge in [0.05, 0.1) is 48.4 Å². The van der Waals surface area contributed by atoms with Gasteiger partial charge in [-0.15, -0.1) is 0 Å². The van der Waals surface area contributed by atoms with Gasteiger partial charge in [0.2, 0.25) is 0 Å². The third-order valence-electron chi connectivity index (χ3n) is 6.70.